The second-order valence-corrected chi connectivity index (χ2v) is 3.91. The first-order chi connectivity index (χ1) is 7.63. The summed E-state index contributed by atoms with van der Waals surface area (Å²) in [5.74, 6) is -0.847. The van der Waals surface area contributed by atoms with Crippen molar-refractivity contribution in [3.63, 3.8) is 0 Å². The monoisotopic (exact) mass is 240 g/mol. The molecular formula is C12H13ClO3. The molecule has 0 radical (unpaired) electrons. The van der Waals surface area contributed by atoms with Crippen LogP contribution in [0, 0.1) is 0 Å². The summed E-state index contributed by atoms with van der Waals surface area (Å²) in [6.07, 6.45) is 0.551. The second-order valence-electron chi connectivity index (χ2n) is 3.48. The molecule has 1 aromatic carbocycles. The van der Waals surface area contributed by atoms with E-state index in [-0.39, 0.29) is 19.4 Å². The van der Waals surface area contributed by atoms with Crippen LogP contribution in [0.5, 0.6) is 0 Å². The largest absolute Gasteiger partial charge is 0.396 e. The number of Topliss-reactive ketones (excluding diaryl/α,β-unsaturated/α-hetero) is 2. The molecule has 86 valence electrons. The molecule has 0 aliphatic carbocycles. The average Bonchev–Trinajstić information content (AvgIpc) is 2.29. The number of halogens is 1. The first kappa shape index (κ1) is 12.9. The van der Waals surface area contributed by atoms with E-state index in [0.29, 0.717) is 11.4 Å². The number of benzene rings is 1. The predicted molar refractivity (Wildman–Crippen MR) is 61.5 cm³/mol. The van der Waals surface area contributed by atoms with E-state index in [9.17, 15) is 9.59 Å². The molecular weight excluding hydrogens is 228 g/mol. The minimum Gasteiger partial charge on any atom is -0.396 e. The van der Waals surface area contributed by atoms with E-state index in [1.165, 1.54) is 0 Å². The zero-order valence-electron chi connectivity index (χ0n) is 8.78. The third kappa shape index (κ3) is 4.13. The van der Waals surface area contributed by atoms with Crippen LogP contribution >= 0.6 is 11.6 Å². The first-order valence-electron chi connectivity index (χ1n) is 5.05. The number of ketones is 2. The molecule has 0 unspecified atom stereocenters. The Kier molecular flexibility index (Phi) is 5.15. The minimum absolute atomic E-state index is 0.0695. The van der Waals surface area contributed by atoms with Crippen molar-refractivity contribution < 1.29 is 14.7 Å². The number of hydrogen-bond acceptors (Lipinski definition) is 3. The highest BCUT2D eigenvalue weighted by molar-refractivity contribution is 6.37. The molecule has 0 saturated carbocycles. The molecule has 16 heavy (non-hydrogen) atoms. The second kappa shape index (κ2) is 6.40. The third-order valence-corrected chi connectivity index (χ3v) is 2.40. The fourth-order valence-corrected chi connectivity index (χ4v) is 1.39. The highest BCUT2D eigenvalue weighted by Crippen LogP contribution is 2.10. The Morgan fingerprint density at radius 3 is 2.31 bits per heavy atom. The van der Waals surface area contributed by atoms with Crippen molar-refractivity contribution in [1.82, 2.24) is 0 Å². The topological polar surface area (TPSA) is 54.4 Å². The van der Waals surface area contributed by atoms with Crippen molar-refractivity contribution >= 4 is 23.2 Å². The van der Waals surface area contributed by atoms with Crippen molar-refractivity contribution in [3.8, 4) is 0 Å². The van der Waals surface area contributed by atoms with Crippen LogP contribution in [0.3, 0.4) is 0 Å². The van der Waals surface area contributed by atoms with Gasteiger partial charge in [0.05, 0.1) is 0 Å². The van der Waals surface area contributed by atoms with Gasteiger partial charge in [-0.3, -0.25) is 9.59 Å². The van der Waals surface area contributed by atoms with Gasteiger partial charge in [0, 0.05) is 24.5 Å². The zero-order valence-corrected chi connectivity index (χ0v) is 9.54. The van der Waals surface area contributed by atoms with Gasteiger partial charge in [-0.25, -0.2) is 0 Å². The van der Waals surface area contributed by atoms with E-state index in [4.69, 9.17) is 16.7 Å². The molecule has 0 fully saturated rings. The lowest BCUT2D eigenvalue weighted by molar-refractivity contribution is -0.136. The Balaban J connectivity index is 2.51. The summed E-state index contributed by atoms with van der Waals surface area (Å²) >= 11 is 5.70. The van der Waals surface area contributed by atoms with E-state index in [0.717, 1.165) is 5.56 Å². The molecule has 0 bridgehead atoms. The Labute approximate surface area is 99.0 Å². The molecule has 0 atom stereocenters. The highest BCUT2D eigenvalue weighted by Gasteiger charge is 2.13. The third-order valence-electron chi connectivity index (χ3n) is 2.15. The van der Waals surface area contributed by atoms with Crippen molar-refractivity contribution in [2.45, 2.75) is 19.3 Å². The van der Waals surface area contributed by atoms with Crippen LogP contribution in [0.15, 0.2) is 24.3 Å². The first-order valence-corrected chi connectivity index (χ1v) is 5.42. The summed E-state index contributed by atoms with van der Waals surface area (Å²) in [7, 11) is 0. The molecule has 0 heterocycles. The number of hydrogen-bond donors (Lipinski definition) is 1. The molecule has 1 aromatic rings. The molecule has 1 N–H and O–H groups in total. The Bertz CT molecular complexity index is 370. The fraction of sp³-hybridized carbons (Fsp3) is 0.333. The van der Waals surface area contributed by atoms with Crippen LogP contribution < -0.4 is 0 Å². The maximum Gasteiger partial charge on any atom is 0.202 e. The maximum atomic E-state index is 11.4. The van der Waals surface area contributed by atoms with Gasteiger partial charge in [-0.1, -0.05) is 23.7 Å². The lowest BCUT2D eigenvalue weighted by Crippen LogP contribution is -2.16. The quantitative estimate of drug-likeness (QED) is 0.772. The van der Waals surface area contributed by atoms with E-state index >= 15 is 0 Å². The van der Waals surface area contributed by atoms with Crippen LogP contribution in [0.25, 0.3) is 0 Å². The molecule has 0 amide bonds. The van der Waals surface area contributed by atoms with Crippen molar-refractivity contribution in [1.29, 1.82) is 0 Å². The van der Waals surface area contributed by atoms with Gasteiger partial charge in [0.1, 0.15) is 0 Å². The smallest absolute Gasteiger partial charge is 0.202 e. The van der Waals surface area contributed by atoms with Crippen LogP contribution in [0.2, 0.25) is 5.02 Å². The van der Waals surface area contributed by atoms with Crippen molar-refractivity contribution in [3.05, 3.63) is 34.9 Å². The van der Waals surface area contributed by atoms with Crippen molar-refractivity contribution in [2.24, 2.45) is 0 Å². The summed E-state index contributed by atoms with van der Waals surface area (Å²) in [4.78, 5) is 22.7. The Morgan fingerprint density at radius 2 is 1.75 bits per heavy atom. The van der Waals surface area contributed by atoms with Gasteiger partial charge in [0.2, 0.25) is 5.78 Å². The lowest BCUT2D eigenvalue weighted by Gasteiger charge is -2.00. The average molecular weight is 241 g/mol. The molecule has 0 spiro atoms. The summed E-state index contributed by atoms with van der Waals surface area (Å²) in [6.45, 7) is -0.0695. The molecule has 1 rings (SSSR count). The minimum atomic E-state index is -0.427. The van der Waals surface area contributed by atoms with Crippen LogP contribution in [0.1, 0.15) is 18.4 Å². The summed E-state index contributed by atoms with van der Waals surface area (Å²) in [5.41, 5.74) is 0.770. The molecule has 0 aliphatic heterocycles. The fourth-order valence-electron chi connectivity index (χ4n) is 1.27. The standard InChI is InChI=1S/C12H13ClO3/c13-10-5-3-9(4-6-10)8-12(16)11(15)2-1-7-14/h3-6,14H,1-2,7-8H2. The maximum absolute atomic E-state index is 11.4. The summed E-state index contributed by atoms with van der Waals surface area (Å²) in [5, 5.41) is 9.14. The molecule has 0 saturated heterocycles. The Morgan fingerprint density at radius 1 is 1.12 bits per heavy atom. The lowest BCUT2D eigenvalue weighted by atomic mass is 10.0. The van der Waals surface area contributed by atoms with Crippen molar-refractivity contribution in [2.75, 3.05) is 6.61 Å². The number of aliphatic hydroxyl groups is 1. The van der Waals surface area contributed by atoms with E-state index in [1.54, 1.807) is 24.3 Å². The van der Waals surface area contributed by atoms with Gasteiger partial charge >= 0.3 is 0 Å². The van der Waals surface area contributed by atoms with Crippen LogP contribution in [0.4, 0.5) is 0 Å². The normalized spacial score (nSPS) is 10.1. The van der Waals surface area contributed by atoms with Crippen LogP contribution in [-0.4, -0.2) is 23.3 Å². The predicted octanol–water partition coefficient (Wildman–Crippen LogP) is 1.79. The number of carbonyl (C=O) groups is 2. The van der Waals surface area contributed by atoms with Gasteiger partial charge < -0.3 is 5.11 Å². The molecule has 4 heteroatoms. The Hall–Kier alpha value is -1.19. The zero-order chi connectivity index (χ0) is 12.0. The number of aliphatic hydroxyl groups excluding tert-OH is 1. The van der Waals surface area contributed by atoms with Gasteiger partial charge in [-0.05, 0) is 24.1 Å². The number of carbonyl (C=O) groups excluding carboxylic acids is 2. The van der Waals surface area contributed by atoms with E-state index < -0.39 is 11.6 Å². The van der Waals surface area contributed by atoms with E-state index in [1.807, 2.05) is 0 Å². The van der Waals surface area contributed by atoms with E-state index in [2.05, 4.69) is 0 Å². The summed E-state index contributed by atoms with van der Waals surface area (Å²) in [6, 6.07) is 6.81. The SMILES string of the molecule is O=C(CCCO)C(=O)Cc1ccc(Cl)cc1. The molecule has 0 aromatic heterocycles. The van der Waals surface area contributed by atoms with Gasteiger partial charge in [0.15, 0.2) is 5.78 Å². The van der Waals surface area contributed by atoms with Gasteiger partial charge in [-0.15, -0.1) is 0 Å². The van der Waals surface area contributed by atoms with Gasteiger partial charge in [-0.2, -0.15) is 0 Å². The van der Waals surface area contributed by atoms with Crippen LogP contribution in [-0.2, 0) is 16.0 Å². The number of rotatable bonds is 6. The highest BCUT2D eigenvalue weighted by atomic mass is 35.5. The molecule has 3 nitrogen and oxygen atoms in total. The van der Waals surface area contributed by atoms with Gasteiger partial charge in [0.25, 0.3) is 0 Å². The summed E-state index contributed by atoms with van der Waals surface area (Å²) < 4.78 is 0. The molecule has 0 aliphatic rings.